The Morgan fingerprint density at radius 1 is 1.22 bits per heavy atom. The Morgan fingerprint density at radius 2 is 2.03 bits per heavy atom. The number of H-pyrrole nitrogens is 1. The molecule has 11 heteroatoms. The number of ether oxygens (including phenoxy) is 3. The van der Waals surface area contributed by atoms with Crippen molar-refractivity contribution in [3.8, 4) is 5.75 Å². The standard InChI is InChI=1S/C26H32N6O4S/c1-4-36-21-13-19-17(14-29-31-19)11-20(21)30-24-23-18-6-5-16(12-22(18)37-25(23)28-15-27-24)26(33)32(7-9-34-2)8-10-35-3/h11,13-16H,4-10,12H2,1-3H3,(H,29,31)(H,27,28,30). The minimum Gasteiger partial charge on any atom is -0.492 e. The fraction of sp³-hybridized carbons (Fsp3) is 0.462. The number of carbonyl (C=O) groups excluding carboxylic acids is 1. The molecule has 4 aromatic rings. The predicted molar refractivity (Wildman–Crippen MR) is 144 cm³/mol. The molecule has 1 aliphatic rings. The van der Waals surface area contributed by atoms with Crippen molar-refractivity contribution < 1.29 is 19.0 Å². The summed E-state index contributed by atoms with van der Waals surface area (Å²) in [6.45, 7) is 4.66. The summed E-state index contributed by atoms with van der Waals surface area (Å²) >= 11 is 1.65. The van der Waals surface area contributed by atoms with Crippen molar-refractivity contribution in [2.24, 2.45) is 5.92 Å². The number of hydrogen-bond donors (Lipinski definition) is 2. The second kappa shape index (κ2) is 11.4. The molecule has 3 heterocycles. The lowest BCUT2D eigenvalue weighted by atomic mass is 9.87. The third-order valence-corrected chi connectivity index (χ3v) is 7.89. The van der Waals surface area contributed by atoms with Gasteiger partial charge in [0.05, 0.1) is 42.6 Å². The molecule has 1 aromatic carbocycles. The summed E-state index contributed by atoms with van der Waals surface area (Å²) in [7, 11) is 3.31. The lowest BCUT2D eigenvalue weighted by Crippen LogP contribution is -2.41. The van der Waals surface area contributed by atoms with Gasteiger partial charge in [-0.25, -0.2) is 9.97 Å². The Hall–Kier alpha value is -3.28. The highest BCUT2D eigenvalue weighted by molar-refractivity contribution is 7.19. The number of nitrogens with zero attached hydrogens (tertiary/aromatic N) is 4. The van der Waals surface area contributed by atoms with Crippen LogP contribution in [0.25, 0.3) is 21.1 Å². The predicted octanol–water partition coefficient (Wildman–Crippen LogP) is 3.94. The summed E-state index contributed by atoms with van der Waals surface area (Å²) in [4.78, 5) is 26.6. The maximum atomic E-state index is 13.4. The number of aromatic amines is 1. The Kier molecular flexibility index (Phi) is 7.82. The van der Waals surface area contributed by atoms with Gasteiger partial charge in [0.15, 0.2) is 0 Å². The van der Waals surface area contributed by atoms with Gasteiger partial charge in [0, 0.05) is 49.6 Å². The van der Waals surface area contributed by atoms with E-state index in [-0.39, 0.29) is 11.8 Å². The quantitative estimate of drug-likeness (QED) is 0.303. The van der Waals surface area contributed by atoms with Crippen molar-refractivity contribution in [2.75, 3.05) is 52.4 Å². The van der Waals surface area contributed by atoms with E-state index in [0.29, 0.717) is 39.3 Å². The largest absolute Gasteiger partial charge is 0.492 e. The zero-order valence-corrected chi connectivity index (χ0v) is 22.2. The number of amides is 1. The molecule has 0 saturated carbocycles. The molecular weight excluding hydrogens is 492 g/mol. The van der Waals surface area contributed by atoms with Crippen LogP contribution in [0.3, 0.4) is 0 Å². The number of aryl methyl sites for hydroxylation is 1. The lowest BCUT2D eigenvalue weighted by Gasteiger charge is -2.29. The summed E-state index contributed by atoms with van der Waals surface area (Å²) in [5, 5.41) is 12.6. The van der Waals surface area contributed by atoms with Gasteiger partial charge in [-0.15, -0.1) is 11.3 Å². The smallest absolute Gasteiger partial charge is 0.226 e. The lowest BCUT2D eigenvalue weighted by molar-refractivity contribution is -0.137. The normalized spacial score (nSPS) is 15.2. The molecule has 1 amide bonds. The first-order valence-corrected chi connectivity index (χ1v) is 13.3. The molecular formula is C26H32N6O4S. The highest BCUT2D eigenvalue weighted by Gasteiger charge is 2.31. The number of aromatic nitrogens is 4. The topological polar surface area (TPSA) is 114 Å². The average Bonchev–Trinajstić information content (AvgIpc) is 3.52. The molecule has 10 nitrogen and oxygen atoms in total. The minimum absolute atomic E-state index is 0.0632. The molecule has 0 bridgehead atoms. The van der Waals surface area contributed by atoms with Gasteiger partial charge in [0.25, 0.3) is 0 Å². The van der Waals surface area contributed by atoms with Crippen LogP contribution in [0, 0.1) is 5.92 Å². The van der Waals surface area contributed by atoms with Crippen LogP contribution in [-0.4, -0.2) is 78.1 Å². The Bertz CT molecular complexity index is 1380. The monoisotopic (exact) mass is 524 g/mol. The number of rotatable bonds is 11. The van der Waals surface area contributed by atoms with Crippen molar-refractivity contribution in [1.29, 1.82) is 0 Å². The number of anilines is 2. The van der Waals surface area contributed by atoms with E-state index in [4.69, 9.17) is 14.2 Å². The van der Waals surface area contributed by atoms with E-state index in [9.17, 15) is 4.79 Å². The molecule has 1 atom stereocenters. The van der Waals surface area contributed by atoms with E-state index in [1.807, 2.05) is 24.0 Å². The molecule has 0 saturated heterocycles. The fourth-order valence-electron chi connectivity index (χ4n) is 4.88. The molecule has 196 valence electrons. The highest BCUT2D eigenvalue weighted by atomic mass is 32.1. The van der Waals surface area contributed by atoms with Crippen LogP contribution in [0.1, 0.15) is 23.8 Å². The van der Waals surface area contributed by atoms with Crippen LogP contribution in [-0.2, 0) is 27.1 Å². The molecule has 1 unspecified atom stereocenters. The molecule has 37 heavy (non-hydrogen) atoms. The van der Waals surface area contributed by atoms with Crippen molar-refractivity contribution in [2.45, 2.75) is 26.2 Å². The average molecular weight is 525 g/mol. The molecule has 0 fully saturated rings. The van der Waals surface area contributed by atoms with Crippen molar-refractivity contribution >= 4 is 49.9 Å². The molecule has 0 spiro atoms. The summed E-state index contributed by atoms with van der Waals surface area (Å²) in [6, 6.07) is 3.96. The van der Waals surface area contributed by atoms with Crippen LogP contribution in [0.5, 0.6) is 5.75 Å². The van der Waals surface area contributed by atoms with Crippen LogP contribution < -0.4 is 10.1 Å². The molecule has 1 aliphatic carbocycles. The molecule has 0 aliphatic heterocycles. The first kappa shape index (κ1) is 25.4. The third kappa shape index (κ3) is 5.25. The number of fused-ring (bicyclic) bond motifs is 4. The number of carbonyl (C=O) groups is 1. The SMILES string of the molecule is CCOc1cc2[nH]ncc2cc1Nc1ncnc2sc3c(c12)CCC(C(=O)N(CCOC)CCOC)C3. The van der Waals surface area contributed by atoms with Gasteiger partial charge in [-0.3, -0.25) is 9.89 Å². The van der Waals surface area contributed by atoms with Crippen LogP contribution in [0.4, 0.5) is 11.5 Å². The van der Waals surface area contributed by atoms with Gasteiger partial charge in [-0.2, -0.15) is 5.10 Å². The minimum atomic E-state index is -0.0632. The Morgan fingerprint density at radius 3 is 2.78 bits per heavy atom. The molecule has 2 N–H and O–H groups in total. The van der Waals surface area contributed by atoms with E-state index in [1.54, 1.807) is 38.1 Å². The maximum Gasteiger partial charge on any atom is 0.226 e. The van der Waals surface area contributed by atoms with Gasteiger partial charge >= 0.3 is 0 Å². The van der Waals surface area contributed by atoms with Crippen molar-refractivity contribution in [3.63, 3.8) is 0 Å². The first-order chi connectivity index (χ1) is 18.1. The van der Waals surface area contributed by atoms with Gasteiger partial charge in [0.1, 0.15) is 22.7 Å². The van der Waals surface area contributed by atoms with E-state index < -0.39 is 0 Å². The fourth-order valence-corrected chi connectivity index (χ4v) is 6.15. The Balaban J connectivity index is 1.42. The van der Waals surface area contributed by atoms with E-state index in [1.165, 1.54) is 10.4 Å². The second-order valence-corrected chi connectivity index (χ2v) is 10.1. The zero-order chi connectivity index (χ0) is 25.8. The van der Waals surface area contributed by atoms with Gasteiger partial charge in [-0.05, 0) is 37.8 Å². The number of methoxy groups -OCH3 is 2. The van der Waals surface area contributed by atoms with E-state index >= 15 is 0 Å². The first-order valence-electron chi connectivity index (χ1n) is 12.5. The molecule has 3 aromatic heterocycles. The maximum absolute atomic E-state index is 13.4. The van der Waals surface area contributed by atoms with Crippen molar-refractivity contribution in [3.05, 3.63) is 35.1 Å². The number of thiophene rings is 1. The van der Waals surface area contributed by atoms with E-state index in [0.717, 1.165) is 51.2 Å². The van der Waals surface area contributed by atoms with Crippen molar-refractivity contribution in [1.82, 2.24) is 25.1 Å². The van der Waals surface area contributed by atoms with E-state index in [2.05, 4.69) is 25.5 Å². The summed E-state index contributed by atoms with van der Waals surface area (Å²) in [5.74, 6) is 1.58. The summed E-state index contributed by atoms with van der Waals surface area (Å²) in [6.07, 6.45) is 5.67. The molecule has 0 radical (unpaired) electrons. The van der Waals surface area contributed by atoms with Crippen LogP contribution in [0.2, 0.25) is 0 Å². The number of hydrogen-bond acceptors (Lipinski definition) is 9. The Labute approximate surface area is 219 Å². The van der Waals surface area contributed by atoms with Crippen LogP contribution in [0.15, 0.2) is 24.7 Å². The summed E-state index contributed by atoms with van der Waals surface area (Å²) in [5.41, 5.74) is 2.97. The highest BCUT2D eigenvalue weighted by Crippen LogP contribution is 2.42. The van der Waals surface area contributed by atoms with Gasteiger partial charge < -0.3 is 24.4 Å². The number of nitrogens with one attached hydrogen (secondary N) is 2. The zero-order valence-electron chi connectivity index (χ0n) is 21.4. The number of benzene rings is 1. The second-order valence-electron chi connectivity index (χ2n) is 9.02. The summed E-state index contributed by atoms with van der Waals surface area (Å²) < 4.78 is 16.3. The molecule has 5 rings (SSSR count). The van der Waals surface area contributed by atoms with Gasteiger partial charge in [0.2, 0.25) is 5.91 Å². The third-order valence-electron chi connectivity index (χ3n) is 6.73. The van der Waals surface area contributed by atoms with Crippen LogP contribution >= 0.6 is 11.3 Å². The van der Waals surface area contributed by atoms with Gasteiger partial charge in [-0.1, -0.05) is 0 Å².